The summed E-state index contributed by atoms with van der Waals surface area (Å²) in [5.41, 5.74) is 9.92. The fraction of sp³-hybridized carbons (Fsp3) is 0.0769. The first-order chi connectivity index (χ1) is 21.7. The number of nitrogens with zero attached hydrogens (tertiary/aromatic N) is 4. The number of para-hydroxylation sites is 3. The van der Waals surface area contributed by atoms with E-state index < -0.39 is 0 Å². The molecule has 0 unspecified atom stereocenters. The predicted octanol–water partition coefficient (Wildman–Crippen LogP) is 10.4. The number of hydrogen-bond acceptors (Lipinski definition) is 5. The third-order valence-electron chi connectivity index (χ3n) is 7.82. The summed E-state index contributed by atoms with van der Waals surface area (Å²) in [5.74, 6) is 1.12. The molecule has 0 saturated heterocycles. The van der Waals surface area contributed by atoms with Crippen molar-refractivity contribution in [2.24, 2.45) is 0 Å². The maximum atomic E-state index is 6.08. The van der Waals surface area contributed by atoms with Gasteiger partial charge in [0.05, 0.1) is 0 Å². The number of benzene rings is 5. The molecule has 5 heteroatoms. The molecule has 0 aliphatic heterocycles. The normalized spacial score (nSPS) is 12.8. The summed E-state index contributed by atoms with van der Waals surface area (Å²) in [6, 6.07) is 48.4. The summed E-state index contributed by atoms with van der Waals surface area (Å²) in [5, 5.41) is 8.68. The van der Waals surface area contributed by atoms with E-state index in [9.17, 15) is 0 Å². The van der Waals surface area contributed by atoms with Crippen LogP contribution in [0.2, 0.25) is 0 Å². The Bertz CT molecular complexity index is 1850. The van der Waals surface area contributed by atoms with Gasteiger partial charge in [0.2, 0.25) is 11.8 Å². The first kappa shape index (κ1) is 27.2. The van der Waals surface area contributed by atoms with Crippen molar-refractivity contribution >= 4 is 34.0 Å². The summed E-state index contributed by atoms with van der Waals surface area (Å²) in [6.45, 7) is 2.07. The zero-order chi connectivity index (χ0) is 29.7. The van der Waals surface area contributed by atoms with Crippen molar-refractivity contribution in [1.82, 2.24) is 10.2 Å². The Kier molecular flexibility index (Phi) is 7.58. The minimum absolute atomic E-state index is 0.543. The van der Waals surface area contributed by atoms with Gasteiger partial charge in [0.25, 0.3) is 0 Å². The molecule has 0 spiro atoms. The highest BCUT2D eigenvalue weighted by Gasteiger charge is 2.21. The van der Waals surface area contributed by atoms with Crippen molar-refractivity contribution in [2.75, 3.05) is 9.80 Å². The maximum Gasteiger partial charge on any atom is 0.248 e. The van der Waals surface area contributed by atoms with Crippen molar-refractivity contribution in [2.45, 2.75) is 19.8 Å². The summed E-state index contributed by atoms with van der Waals surface area (Å²) >= 11 is 0. The summed E-state index contributed by atoms with van der Waals surface area (Å²) in [4.78, 5) is 4.61. The van der Waals surface area contributed by atoms with Crippen LogP contribution in [0.1, 0.15) is 24.3 Å². The molecule has 44 heavy (non-hydrogen) atoms. The van der Waals surface area contributed by atoms with Crippen molar-refractivity contribution in [3.05, 3.63) is 169 Å². The van der Waals surface area contributed by atoms with Gasteiger partial charge in [-0.05, 0) is 98.6 Å². The highest BCUT2D eigenvalue weighted by molar-refractivity contribution is 5.79. The average Bonchev–Trinajstić information content (AvgIpc) is 3.58. The molecule has 0 saturated carbocycles. The van der Waals surface area contributed by atoms with Gasteiger partial charge in [0.1, 0.15) is 0 Å². The lowest BCUT2D eigenvalue weighted by molar-refractivity contribution is 0.549. The molecule has 5 aromatic carbocycles. The maximum absolute atomic E-state index is 6.08. The Hall–Kier alpha value is -5.68. The molecule has 6 aromatic rings. The first-order valence-corrected chi connectivity index (χ1v) is 14.9. The number of rotatable bonds is 8. The van der Waals surface area contributed by atoms with E-state index in [0.29, 0.717) is 11.8 Å². The van der Waals surface area contributed by atoms with Crippen LogP contribution in [0.3, 0.4) is 0 Å². The van der Waals surface area contributed by atoms with E-state index in [1.807, 2.05) is 24.3 Å². The van der Waals surface area contributed by atoms with Gasteiger partial charge in [-0.2, -0.15) is 0 Å². The third kappa shape index (κ3) is 5.68. The number of hydrogen-bond donors (Lipinski definition) is 0. The second-order valence-corrected chi connectivity index (χ2v) is 10.8. The van der Waals surface area contributed by atoms with Crippen LogP contribution in [0.25, 0.3) is 17.0 Å². The lowest BCUT2D eigenvalue weighted by atomic mass is 10.0. The van der Waals surface area contributed by atoms with Crippen LogP contribution in [0.5, 0.6) is 0 Å². The van der Waals surface area contributed by atoms with Gasteiger partial charge in [-0.1, -0.05) is 78.4 Å². The van der Waals surface area contributed by atoms with Gasteiger partial charge in [-0.25, -0.2) is 0 Å². The fourth-order valence-electron chi connectivity index (χ4n) is 5.57. The molecular weight excluding hydrogens is 540 g/mol. The van der Waals surface area contributed by atoms with Crippen LogP contribution in [-0.4, -0.2) is 10.2 Å². The van der Waals surface area contributed by atoms with Gasteiger partial charge >= 0.3 is 0 Å². The molecule has 0 bridgehead atoms. The van der Waals surface area contributed by atoms with E-state index in [2.05, 4.69) is 154 Å². The largest absolute Gasteiger partial charge is 0.416 e. The van der Waals surface area contributed by atoms with Gasteiger partial charge in [-0.15, -0.1) is 10.2 Å². The lowest BCUT2D eigenvalue weighted by Gasteiger charge is -2.30. The van der Waals surface area contributed by atoms with Crippen LogP contribution in [0.15, 0.2) is 162 Å². The Labute approximate surface area is 258 Å². The quantitative estimate of drug-likeness (QED) is 0.182. The highest BCUT2D eigenvalue weighted by atomic mass is 16.4. The van der Waals surface area contributed by atoms with E-state index in [1.165, 1.54) is 11.3 Å². The summed E-state index contributed by atoms with van der Waals surface area (Å²) in [7, 11) is 0. The van der Waals surface area contributed by atoms with Crippen molar-refractivity contribution in [1.29, 1.82) is 0 Å². The Morgan fingerprint density at radius 1 is 0.477 bits per heavy atom. The number of aromatic nitrogens is 2. The molecule has 0 radical (unpaired) electrons. The molecule has 1 heterocycles. The molecular formula is C39H32N4O. The van der Waals surface area contributed by atoms with Crippen LogP contribution in [-0.2, 0) is 0 Å². The molecule has 0 N–H and O–H groups in total. The van der Waals surface area contributed by atoms with Crippen molar-refractivity contribution in [3.8, 4) is 11.5 Å². The third-order valence-corrected chi connectivity index (χ3v) is 7.82. The predicted molar refractivity (Wildman–Crippen MR) is 179 cm³/mol. The van der Waals surface area contributed by atoms with Crippen molar-refractivity contribution < 1.29 is 4.42 Å². The summed E-state index contributed by atoms with van der Waals surface area (Å²) in [6.07, 6.45) is 5.93. The molecule has 1 aliphatic rings. The van der Waals surface area contributed by atoms with Gasteiger partial charge in [0, 0.05) is 45.3 Å². The first-order valence-electron chi connectivity index (χ1n) is 14.9. The van der Waals surface area contributed by atoms with E-state index >= 15 is 0 Å². The van der Waals surface area contributed by atoms with Crippen LogP contribution in [0.4, 0.5) is 28.4 Å². The Morgan fingerprint density at radius 3 is 1.48 bits per heavy atom. The number of anilines is 5. The monoisotopic (exact) mass is 572 g/mol. The van der Waals surface area contributed by atoms with Crippen LogP contribution < -0.4 is 9.80 Å². The minimum atomic E-state index is 0.543. The molecule has 5 nitrogen and oxygen atoms in total. The van der Waals surface area contributed by atoms with Gasteiger partial charge in [0.15, 0.2) is 0 Å². The van der Waals surface area contributed by atoms with Crippen LogP contribution in [0, 0.1) is 6.92 Å². The lowest BCUT2D eigenvalue weighted by Crippen LogP contribution is -2.18. The topological polar surface area (TPSA) is 45.4 Å². The molecule has 0 fully saturated rings. The second kappa shape index (κ2) is 12.3. The Balaban J connectivity index is 1.20. The van der Waals surface area contributed by atoms with E-state index in [-0.39, 0.29) is 0 Å². The SMILES string of the molecule is Cc1ccc(-c2nnc(C3=CC=C(N(c4ccccc4)c4ccc(N(c5ccccc5)c5ccccc5)cc4)CC3)o2)cc1. The van der Waals surface area contributed by atoms with Gasteiger partial charge in [-0.3, -0.25) is 0 Å². The summed E-state index contributed by atoms with van der Waals surface area (Å²) < 4.78 is 6.08. The molecule has 214 valence electrons. The fourth-order valence-corrected chi connectivity index (χ4v) is 5.57. The van der Waals surface area contributed by atoms with Gasteiger partial charge < -0.3 is 14.2 Å². The zero-order valence-electron chi connectivity index (χ0n) is 24.5. The van der Waals surface area contributed by atoms with Crippen LogP contribution >= 0.6 is 0 Å². The minimum Gasteiger partial charge on any atom is -0.416 e. The molecule has 0 amide bonds. The smallest absolute Gasteiger partial charge is 0.248 e. The zero-order valence-corrected chi connectivity index (χ0v) is 24.5. The standard InChI is InChI=1S/C39H32N4O/c1-29-17-19-30(20-18-29)38-40-41-39(44-38)31-21-23-35(24-22-31)43(34-15-9-4-10-16-34)37-27-25-36(26-28-37)42(32-11-5-2-6-12-32)33-13-7-3-8-14-33/h2-21,23,25-28H,22,24H2,1H3. The van der Waals surface area contributed by atoms with E-state index in [4.69, 9.17) is 4.42 Å². The highest BCUT2D eigenvalue weighted by Crippen LogP contribution is 2.39. The Morgan fingerprint density at radius 2 is 0.955 bits per heavy atom. The number of allylic oxidation sites excluding steroid dienone is 4. The molecule has 7 rings (SSSR count). The molecule has 0 atom stereocenters. The molecule has 1 aromatic heterocycles. The van der Waals surface area contributed by atoms with Crippen molar-refractivity contribution in [3.63, 3.8) is 0 Å². The number of aryl methyl sites for hydroxylation is 1. The second-order valence-electron chi connectivity index (χ2n) is 10.8. The molecule has 1 aliphatic carbocycles. The average molecular weight is 573 g/mol. The van der Waals surface area contributed by atoms with E-state index in [0.717, 1.165) is 52.4 Å². The van der Waals surface area contributed by atoms with E-state index in [1.54, 1.807) is 0 Å².